The summed E-state index contributed by atoms with van der Waals surface area (Å²) in [4.78, 5) is 5.21. The van der Waals surface area contributed by atoms with E-state index >= 15 is 0 Å². The second-order valence-electron chi connectivity index (χ2n) is 8.10. The molecule has 6 aromatic rings. The van der Waals surface area contributed by atoms with Gasteiger partial charge in [-0.15, -0.1) is 0 Å². The number of para-hydroxylation sites is 1. The molecular weight excluding hydrogens is 374 g/mol. The number of nitrogens with zero attached hydrogens (tertiary/aromatic N) is 1. The molecule has 0 aliphatic carbocycles. The molecule has 0 radical (unpaired) electrons. The standard InChI is InChI=1S/C30H21N/c1-20-15-17-22(18-16-20)28-24-12-6-7-13-25(24)29(21-9-3-2-4-10-21)30-26(28)19-23-11-5-8-14-27(23)31-30/h2-19H,1H3. The minimum Gasteiger partial charge on any atom is -0.247 e. The van der Waals surface area contributed by atoms with Crippen molar-refractivity contribution in [3.8, 4) is 22.3 Å². The number of rotatable bonds is 2. The van der Waals surface area contributed by atoms with Gasteiger partial charge in [-0.25, -0.2) is 4.98 Å². The lowest BCUT2D eigenvalue weighted by Crippen LogP contribution is -1.93. The van der Waals surface area contributed by atoms with Crippen molar-refractivity contribution in [1.29, 1.82) is 0 Å². The van der Waals surface area contributed by atoms with Crippen LogP contribution in [-0.4, -0.2) is 4.98 Å². The minimum atomic E-state index is 1.03. The van der Waals surface area contributed by atoms with Gasteiger partial charge in [0.1, 0.15) is 0 Å². The SMILES string of the molecule is Cc1ccc(-c2c3ccccc3c(-c3ccccc3)c3nc4ccccc4cc23)cc1. The number of hydrogen-bond acceptors (Lipinski definition) is 1. The van der Waals surface area contributed by atoms with Crippen LogP contribution in [0.4, 0.5) is 0 Å². The molecule has 0 fully saturated rings. The Morgan fingerprint density at radius 2 is 1.13 bits per heavy atom. The maximum atomic E-state index is 5.21. The fraction of sp³-hybridized carbons (Fsp3) is 0.0333. The van der Waals surface area contributed by atoms with Crippen molar-refractivity contribution < 1.29 is 0 Å². The summed E-state index contributed by atoms with van der Waals surface area (Å²) in [5, 5.41) is 4.85. The fourth-order valence-corrected chi connectivity index (χ4v) is 4.62. The van der Waals surface area contributed by atoms with Crippen LogP contribution in [0.25, 0.3) is 54.8 Å². The van der Waals surface area contributed by atoms with Gasteiger partial charge in [0.05, 0.1) is 11.0 Å². The number of fused-ring (bicyclic) bond motifs is 3. The summed E-state index contributed by atoms with van der Waals surface area (Å²) in [6.45, 7) is 2.13. The van der Waals surface area contributed by atoms with E-state index in [2.05, 4.69) is 116 Å². The first-order valence-corrected chi connectivity index (χ1v) is 10.7. The van der Waals surface area contributed by atoms with Crippen LogP contribution in [0.15, 0.2) is 109 Å². The maximum Gasteiger partial charge on any atom is 0.0800 e. The molecule has 0 aliphatic heterocycles. The molecule has 1 aromatic heterocycles. The largest absolute Gasteiger partial charge is 0.247 e. The van der Waals surface area contributed by atoms with E-state index in [-0.39, 0.29) is 0 Å². The fourth-order valence-electron chi connectivity index (χ4n) is 4.62. The van der Waals surface area contributed by atoms with E-state index in [0.29, 0.717) is 0 Å². The van der Waals surface area contributed by atoms with Crippen LogP contribution in [0.3, 0.4) is 0 Å². The number of pyridine rings is 1. The van der Waals surface area contributed by atoms with Gasteiger partial charge in [-0.2, -0.15) is 0 Å². The molecule has 0 saturated carbocycles. The second-order valence-corrected chi connectivity index (χ2v) is 8.10. The van der Waals surface area contributed by atoms with E-state index in [4.69, 9.17) is 4.98 Å². The van der Waals surface area contributed by atoms with E-state index < -0.39 is 0 Å². The van der Waals surface area contributed by atoms with Gasteiger partial charge in [0.2, 0.25) is 0 Å². The van der Waals surface area contributed by atoms with E-state index in [1.807, 2.05) is 0 Å². The lowest BCUT2D eigenvalue weighted by molar-refractivity contribution is 1.47. The summed E-state index contributed by atoms with van der Waals surface area (Å²) in [7, 11) is 0. The lowest BCUT2D eigenvalue weighted by Gasteiger charge is -2.18. The van der Waals surface area contributed by atoms with Crippen LogP contribution in [0.1, 0.15) is 5.56 Å². The van der Waals surface area contributed by atoms with Crippen LogP contribution in [0.2, 0.25) is 0 Å². The average Bonchev–Trinajstić information content (AvgIpc) is 2.82. The molecule has 31 heavy (non-hydrogen) atoms. The van der Waals surface area contributed by atoms with Gasteiger partial charge in [-0.3, -0.25) is 0 Å². The minimum absolute atomic E-state index is 1.03. The molecule has 0 spiro atoms. The van der Waals surface area contributed by atoms with Gasteiger partial charge in [-0.1, -0.05) is 103 Å². The monoisotopic (exact) mass is 395 g/mol. The Labute approximate surface area is 181 Å². The third-order valence-electron chi connectivity index (χ3n) is 6.10. The highest BCUT2D eigenvalue weighted by molar-refractivity contribution is 6.21. The molecule has 0 saturated heterocycles. The Hall–Kier alpha value is -3.97. The highest BCUT2D eigenvalue weighted by Gasteiger charge is 2.18. The quantitative estimate of drug-likeness (QED) is 0.269. The van der Waals surface area contributed by atoms with Gasteiger partial charge in [0.15, 0.2) is 0 Å². The Morgan fingerprint density at radius 3 is 1.90 bits per heavy atom. The third kappa shape index (κ3) is 2.90. The molecule has 1 nitrogen and oxygen atoms in total. The predicted octanol–water partition coefficient (Wildman–Crippen LogP) is 8.18. The molecule has 0 aliphatic rings. The molecule has 1 heteroatoms. The summed E-state index contributed by atoms with van der Waals surface area (Å²) in [6, 6.07) is 38.9. The number of aryl methyl sites for hydroxylation is 1. The zero-order chi connectivity index (χ0) is 20.8. The Bertz CT molecular complexity index is 1560. The van der Waals surface area contributed by atoms with E-state index in [0.717, 1.165) is 16.4 Å². The van der Waals surface area contributed by atoms with Crippen LogP contribution >= 0.6 is 0 Å². The Balaban J connectivity index is 1.87. The summed E-state index contributed by atoms with van der Waals surface area (Å²) >= 11 is 0. The zero-order valence-electron chi connectivity index (χ0n) is 17.3. The topological polar surface area (TPSA) is 12.9 Å². The normalized spacial score (nSPS) is 11.4. The van der Waals surface area contributed by atoms with Crippen LogP contribution in [0, 0.1) is 6.92 Å². The first-order chi connectivity index (χ1) is 15.3. The Kier molecular flexibility index (Phi) is 4.07. The van der Waals surface area contributed by atoms with Crippen LogP contribution in [0.5, 0.6) is 0 Å². The van der Waals surface area contributed by atoms with Gasteiger partial charge < -0.3 is 0 Å². The van der Waals surface area contributed by atoms with Crippen molar-refractivity contribution in [1.82, 2.24) is 4.98 Å². The maximum absolute atomic E-state index is 5.21. The molecule has 0 atom stereocenters. The molecular formula is C30H21N. The van der Waals surface area contributed by atoms with Gasteiger partial charge >= 0.3 is 0 Å². The van der Waals surface area contributed by atoms with Crippen molar-refractivity contribution in [2.75, 3.05) is 0 Å². The van der Waals surface area contributed by atoms with Crippen molar-refractivity contribution in [3.05, 3.63) is 115 Å². The highest BCUT2D eigenvalue weighted by Crippen LogP contribution is 2.43. The van der Waals surface area contributed by atoms with E-state index in [1.54, 1.807) is 0 Å². The average molecular weight is 396 g/mol. The van der Waals surface area contributed by atoms with Crippen LogP contribution < -0.4 is 0 Å². The molecule has 5 aromatic carbocycles. The first kappa shape index (κ1) is 17.9. The van der Waals surface area contributed by atoms with Gasteiger partial charge in [-0.05, 0) is 46.5 Å². The number of hydrogen-bond donors (Lipinski definition) is 0. The van der Waals surface area contributed by atoms with Crippen molar-refractivity contribution in [3.63, 3.8) is 0 Å². The predicted molar refractivity (Wildman–Crippen MR) is 132 cm³/mol. The summed E-state index contributed by atoms with van der Waals surface area (Å²) in [5.74, 6) is 0. The van der Waals surface area contributed by atoms with Crippen LogP contribution in [-0.2, 0) is 0 Å². The third-order valence-corrected chi connectivity index (χ3v) is 6.10. The van der Waals surface area contributed by atoms with Gasteiger partial charge in [0, 0.05) is 16.3 Å². The summed E-state index contributed by atoms with van der Waals surface area (Å²) in [5.41, 5.74) is 8.22. The zero-order valence-corrected chi connectivity index (χ0v) is 17.3. The summed E-state index contributed by atoms with van der Waals surface area (Å²) < 4.78 is 0. The first-order valence-electron chi connectivity index (χ1n) is 10.7. The van der Waals surface area contributed by atoms with Gasteiger partial charge in [0.25, 0.3) is 0 Å². The number of aromatic nitrogens is 1. The van der Waals surface area contributed by atoms with E-state index in [1.165, 1.54) is 44.0 Å². The number of benzene rings is 5. The molecule has 0 bridgehead atoms. The van der Waals surface area contributed by atoms with Crippen molar-refractivity contribution in [2.24, 2.45) is 0 Å². The van der Waals surface area contributed by atoms with Crippen molar-refractivity contribution >= 4 is 32.6 Å². The Morgan fingerprint density at radius 1 is 0.516 bits per heavy atom. The van der Waals surface area contributed by atoms with E-state index in [9.17, 15) is 0 Å². The molecule has 0 amide bonds. The second kappa shape index (κ2) is 7.07. The smallest absolute Gasteiger partial charge is 0.0800 e. The lowest BCUT2D eigenvalue weighted by atomic mass is 9.87. The highest BCUT2D eigenvalue weighted by atomic mass is 14.7. The van der Waals surface area contributed by atoms with Crippen molar-refractivity contribution in [2.45, 2.75) is 6.92 Å². The molecule has 1 heterocycles. The molecule has 146 valence electrons. The molecule has 6 rings (SSSR count). The molecule has 0 unspecified atom stereocenters. The summed E-state index contributed by atoms with van der Waals surface area (Å²) in [6.07, 6.45) is 0. The molecule has 0 N–H and O–H groups in total.